The number of ether oxygens (including phenoxy) is 2. The van der Waals surface area contributed by atoms with Gasteiger partial charge in [-0.2, -0.15) is 0 Å². The summed E-state index contributed by atoms with van der Waals surface area (Å²) in [6, 6.07) is 8.98. The molecule has 1 aromatic carbocycles. The minimum Gasteiger partial charge on any atom is -0.493 e. The highest BCUT2D eigenvalue weighted by atomic mass is 16.5. The summed E-state index contributed by atoms with van der Waals surface area (Å²) in [6.45, 7) is 1.82. The molecular weight excluding hydrogens is 214 g/mol. The lowest BCUT2D eigenvalue weighted by atomic mass is 9.88. The van der Waals surface area contributed by atoms with E-state index >= 15 is 0 Å². The molecule has 1 fully saturated rings. The van der Waals surface area contributed by atoms with E-state index in [1.54, 1.807) is 7.11 Å². The topological polar surface area (TPSA) is 30.5 Å². The number of hydrogen-bond acceptors (Lipinski definition) is 3. The van der Waals surface area contributed by atoms with Crippen molar-refractivity contribution < 1.29 is 9.47 Å². The predicted molar refractivity (Wildman–Crippen MR) is 66.5 cm³/mol. The maximum Gasteiger partial charge on any atom is 0.122 e. The third-order valence-corrected chi connectivity index (χ3v) is 3.88. The molecule has 0 aromatic heterocycles. The van der Waals surface area contributed by atoms with Crippen LogP contribution >= 0.6 is 0 Å². The van der Waals surface area contributed by atoms with E-state index in [1.165, 1.54) is 5.56 Å². The van der Waals surface area contributed by atoms with Crippen LogP contribution in [0.4, 0.5) is 0 Å². The number of fused-ring (bicyclic) bond motifs is 1. The molecule has 0 amide bonds. The quantitative estimate of drug-likeness (QED) is 0.862. The lowest BCUT2D eigenvalue weighted by Gasteiger charge is -2.35. The number of benzene rings is 1. The molecule has 1 aliphatic carbocycles. The summed E-state index contributed by atoms with van der Waals surface area (Å²) in [6.07, 6.45) is 2.76. The van der Waals surface area contributed by atoms with Gasteiger partial charge < -0.3 is 14.8 Å². The second-order valence-corrected chi connectivity index (χ2v) is 4.98. The molecule has 0 bridgehead atoms. The molecule has 17 heavy (non-hydrogen) atoms. The Kier molecular flexibility index (Phi) is 3.04. The zero-order valence-electron chi connectivity index (χ0n) is 10.2. The van der Waals surface area contributed by atoms with Crippen molar-refractivity contribution in [2.45, 2.75) is 30.9 Å². The summed E-state index contributed by atoms with van der Waals surface area (Å²) in [5.74, 6) is 1.57. The van der Waals surface area contributed by atoms with Crippen LogP contribution in [0.1, 0.15) is 24.3 Å². The molecule has 1 aromatic rings. The van der Waals surface area contributed by atoms with Gasteiger partial charge >= 0.3 is 0 Å². The predicted octanol–water partition coefficient (Wildman–Crippen LogP) is 1.93. The van der Waals surface area contributed by atoms with Crippen molar-refractivity contribution in [1.29, 1.82) is 0 Å². The van der Waals surface area contributed by atoms with E-state index in [-0.39, 0.29) is 0 Å². The van der Waals surface area contributed by atoms with Gasteiger partial charge in [-0.25, -0.2) is 0 Å². The average Bonchev–Trinajstić information content (AvgIpc) is 2.71. The van der Waals surface area contributed by atoms with Crippen molar-refractivity contribution in [2.75, 3.05) is 20.3 Å². The van der Waals surface area contributed by atoms with Gasteiger partial charge in [0, 0.05) is 31.2 Å². The molecule has 1 saturated carbocycles. The van der Waals surface area contributed by atoms with Crippen LogP contribution in [0.3, 0.4) is 0 Å². The highest BCUT2D eigenvalue weighted by Crippen LogP contribution is 2.33. The maximum absolute atomic E-state index is 5.67. The molecule has 1 aliphatic heterocycles. The molecule has 0 radical (unpaired) electrons. The van der Waals surface area contributed by atoms with Crippen molar-refractivity contribution in [3.05, 3.63) is 29.8 Å². The van der Waals surface area contributed by atoms with E-state index < -0.39 is 0 Å². The van der Waals surface area contributed by atoms with Crippen molar-refractivity contribution in [3.63, 3.8) is 0 Å². The molecule has 0 saturated heterocycles. The highest BCUT2D eigenvalue weighted by Gasteiger charge is 2.30. The fraction of sp³-hybridized carbons (Fsp3) is 0.571. The van der Waals surface area contributed by atoms with Gasteiger partial charge in [0.15, 0.2) is 0 Å². The minimum absolute atomic E-state index is 0.472. The number of hydrogen-bond donors (Lipinski definition) is 1. The van der Waals surface area contributed by atoms with Crippen molar-refractivity contribution in [3.8, 4) is 5.75 Å². The van der Waals surface area contributed by atoms with Gasteiger partial charge in [0.1, 0.15) is 5.75 Å². The fourth-order valence-electron chi connectivity index (χ4n) is 2.63. The van der Waals surface area contributed by atoms with Gasteiger partial charge in [-0.3, -0.25) is 0 Å². The fourth-order valence-corrected chi connectivity index (χ4v) is 2.63. The molecule has 1 atom stereocenters. The van der Waals surface area contributed by atoms with Crippen LogP contribution in [-0.2, 0) is 4.74 Å². The van der Waals surface area contributed by atoms with Crippen LogP contribution in [0, 0.1) is 0 Å². The van der Waals surface area contributed by atoms with Crippen molar-refractivity contribution in [2.24, 2.45) is 0 Å². The Labute approximate surface area is 102 Å². The summed E-state index contributed by atoms with van der Waals surface area (Å²) in [7, 11) is 1.79. The third kappa shape index (κ3) is 2.17. The Bertz CT molecular complexity index is 388. The summed E-state index contributed by atoms with van der Waals surface area (Å²) >= 11 is 0. The SMILES string of the molecule is COC1CC(NCC2COc3ccccc32)C1. The summed E-state index contributed by atoms with van der Waals surface area (Å²) < 4.78 is 11.0. The Balaban J connectivity index is 1.51. The molecule has 2 aliphatic rings. The molecule has 3 nitrogen and oxygen atoms in total. The maximum atomic E-state index is 5.67. The number of para-hydroxylation sites is 1. The van der Waals surface area contributed by atoms with Crippen LogP contribution in [0.2, 0.25) is 0 Å². The van der Waals surface area contributed by atoms with Crippen LogP contribution in [-0.4, -0.2) is 32.4 Å². The first-order valence-electron chi connectivity index (χ1n) is 6.34. The summed E-state index contributed by atoms with van der Waals surface area (Å²) in [5, 5.41) is 3.61. The van der Waals surface area contributed by atoms with Gasteiger partial charge in [0.2, 0.25) is 0 Å². The number of methoxy groups -OCH3 is 1. The largest absolute Gasteiger partial charge is 0.493 e. The first-order valence-corrected chi connectivity index (χ1v) is 6.34. The van der Waals surface area contributed by atoms with E-state index in [0.29, 0.717) is 18.1 Å². The van der Waals surface area contributed by atoms with E-state index in [0.717, 1.165) is 31.7 Å². The molecule has 92 valence electrons. The molecule has 1 heterocycles. The molecule has 3 heteroatoms. The Morgan fingerprint density at radius 2 is 2.18 bits per heavy atom. The van der Waals surface area contributed by atoms with E-state index in [2.05, 4.69) is 23.5 Å². The van der Waals surface area contributed by atoms with Crippen LogP contribution in [0.25, 0.3) is 0 Å². The van der Waals surface area contributed by atoms with Gasteiger partial charge in [0.25, 0.3) is 0 Å². The van der Waals surface area contributed by atoms with E-state index in [1.807, 2.05) is 6.07 Å². The van der Waals surface area contributed by atoms with Crippen molar-refractivity contribution >= 4 is 0 Å². The monoisotopic (exact) mass is 233 g/mol. The molecule has 1 N–H and O–H groups in total. The standard InChI is InChI=1S/C14H19NO2/c1-16-12-6-11(7-12)15-8-10-9-17-14-5-3-2-4-13(10)14/h2-5,10-12,15H,6-9H2,1H3. The van der Waals surface area contributed by atoms with Gasteiger partial charge in [-0.1, -0.05) is 18.2 Å². The summed E-state index contributed by atoms with van der Waals surface area (Å²) in [5.41, 5.74) is 1.35. The molecular formula is C14H19NO2. The van der Waals surface area contributed by atoms with Crippen LogP contribution in [0.15, 0.2) is 24.3 Å². The Morgan fingerprint density at radius 3 is 3.00 bits per heavy atom. The molecule has 1 unspecified atom stereocenters. The lowest BCUT2D eigenvalue weighted by molar-refractivity contribution is 0.0170. The van der Waals surface area contributed by atoms with Crippen LogP contribution < -0.4 is 10.1 Å². The van der Waals surface area contributed by atoms with Crippen molar-refractivity contribution in [1.82, 2.24) is 5.32 Å². The highest BCUT2D eigenvalue weighted by molar-refractivity contribution is 5.39. The zero-order valence-corrected chi connectivity index (χ0v) is 10.2. The second-order valence-electron chi connectivity index (χ2n) is 4.98. The Morgan fingerprint density at radius 1 is 1.35 bits per heavy atom. The van der Waals surface area contributed by atoms with Gasteiger partial charge in [0.05, 0.1) is 12.7 Å². The molecule has 3 rings (SSSR count). The van der Waals surface area contributed by atoms with Gasteiger partial charge in [-0.15, -0.1) is 0 Å². The number of nitrogens with one attached hydrogen (secondary N) is 1. The normalized spacial score (nSPS) is 30.5. The zero-order chi connectivity index (χ0) is 11.7. The smallest absolute Gasteiger partial charge is 0.122 e. The first-order chi connectivity index (χ1) is 8.36. The molecule has 0 spiro atoms. The lowest BCUT2D eigenvalue weighted by Crippen LogP contribution is -2.46. The van der Waals surface area contributed by atoms with Crippen LogP contribution in [0.5, 0.6) is 5.75 Å². The Hall–Kier alpha value is -1.06. The van der Waals surface area contributed by atoms with E-state index in [9.17, 15) is 0 Å². The van der Waals surface area contributed by atoms with Gasteiger partial charge in [-0.05, 0) is 18.9 Å². The van der Waals surface area contributed by atoms with E-state index in [4.69, 9.17) is 9.47 Å². The summed E-state index contributed by atoms with van der Waals surface area (Å²) in [4.78, 5) is 0. The average molecular weight is 233 g/mol. The first kappa shape index (κ1) is 11.1. The third-order valence-electron chi connectivity index (χ3n) is 3.88. The second kappa shape index (κ2) is 4.67. The minimum atomic E-state index is 0.472. The number of rotatable bonds is 4.